The molecule has 2 aromatic carbocycles. The number of aromatic hydroxyl groups is 2. The second kappa shape index (κ2) is 13.7. The van der Waals surface area contributed by atoms with E-state index in [2.05, 4.69) is 5.32 Å². The van der Waals surface area contributed by atoms with Crippen molar-refractivity contribution in [3.05, 3.63) is 83.5 Å². The summed E-state index contributed by atoms with van der Waals surface area (Å²) in [5.74, 6) is -1.66. The Bertz CT molecular complexity index is 1590. The Morgan fingerprint density at radius 1 is 1.04 bits per heavy atom. The lowest BCUT2D eigenvalue weighted by Gasteiger charge is -2.62. The van der Waals surface area contributed by atoms with Gasteiger partial charge in [-0.05, 0) is 112 Å². The maximum atomic E-state index is 16.9. The van der Waals surface area contributed by atoms with Crippen LogP contribution in [0.2, 0.25) is 0 Å². The SMILES string of the molecule is C[C@@H]1C[C@H]2[C@@H]3CCC4=CC(=O)C=C[C@]4(C)[C@@]3(F)[C@@H](O)C[C@]2(C)[C@@]1(O)C(=O)CO.C[C@H](NCCc1ccc(O)cc1)[C@H](O)c1ccc(O)cc1. The first-order valence-electron chi connectivity index (χ1n) is 17.2. The van der Waals surface area contributed by atoms with E-state index in [0.29, 0.717) is 24.8 Å². The Balaban J connectivity index is 0.000000200. The van der Waals surface area contributed by atoms with Gasteiger partial charge in [-0.15, -0.1) is 0 Å². The summed E-state index contributed by atoms with van der Waals surface area (Å²) in [6, 6.07) is 13.6. The average molecular weight is 680 g/mol. The van der Waals surface area contributed by atoms with E-state index in [1.54, 1.807) is 63.2 Å². The Labute approximate surface area is 287 Å². The fourth-order valence-electron chi connectivity index (χ4n) is 9.44. The molecule has 7 N–H and O–H groups in total. The summed E-state index contributed by atoms with van der Waals surface area (Å²) >= 11 is 0. The fourth-order valence-corrected chi connectivity index (χ4v) is 9.44. The smallest absolute Gasteiger partial charge is 0.190 e. The standard InChI is InChI=1S/C22H29FO5.C17H21NO3/c1-12-8-16-15-5-4-13-9-14(25)6-7-19(13,2)21(15,23)17(26)10-20(16,3)22(12,28)18(27)11-24;1-12(17(21)14-4-8-16(20)9-5-14)18-11-10-13-2-6-15(19)7-3-13/h6-7,9,12,15-17,24,26,28H,4-5,8,10-11H2,1-3H3;2-9,12,17-21H,10-11H2,1H3/t12-,15+,16+,17+,19+,20+,21+,22+;12-,17-/m10/s1. The van der Waals surface area contributed by atoms with Crippen LogP contribution in [-0.2, 0) is 16.0 Å². The van der Waals surface area contributed by atoms with Crippen molar-refractivity contribution >= 4 is 11.6 Å². The highest BCUT2D eigenvalue weighted by molar-refractivity contribution is 6.01. The van der Waals surface area contributed by atoms with Gasteiger partial charge in [-0.3, -0.25) is 9.59 Å². The van der Waals surface area contributed by atoms with Gasteiger partial charge in [0.25, 0.3) is 0 Å². The molecule has 9 nitrogen and oxygen atoms in total. The molecule has 0 bridgehead atoms. The van der Waals surface area contributed by atoms with Gasteiger partial charge in [0.1, 0.15) is 23.7 Å². The maximum absolute atomic E-state index is 16.9. The number of ketones is 2. The molecule has 49 heavy (non-hydrogen) atoms. The second-order valence-corrected chi connectivity index (χ2v) is 14.9. The first-order chi connectivity index (χ1) is 23.0. The predicted octanol–water partition coefficient (Wildman–Crippen LogP) is 4.25. The molecule has 4 aliphatic carbocycles. The number of hydrogen-bond donors (Lipinski definition) is 7. The summed E-state index contributed by atoms with van der Waals surface area (Å²) in [6.07, 6.45) is 4.65. The van der Waals surface area contributed by atoms with E-state index < -0.39 is 58.5 Å². The number of allylic oxidation sites excluding steroid dienone is 4. The molecule has 266 valence electrons. The van der Waals surface area contributed by atoms with Gasteiger partial charge in [-0.25, -0.2) is 4.39 Å². The van der Waals surface area contributed by atoms with Crippen LogP contribution < -0.4 is 5.32 Å². The van der Waals surface area contributed by atoms with Gasteiger partial charge in [0.05, 0.1) is 12.2 Å². The number of phenols is 2. The summed E-state index contributed by atoms with van der Waals surface area (Å²) in [7, 11) is 0. The Morgan fingerprint density at radius 3 is 2.27 bits per heavy atom. The molecule has 3 saturated carbocycles. The van der Waals surface area contributed by atoms with Crippen molar-refractivity contribution in [1.29, 1.82) is 0 Å². The minimum Gasteiger partial charge on any atom is -0.508 e. The lowest BCUT2D eigenvalue weighted by molar-refractivity contribution is -0.219. The van der Waals surface area contributed by atoms with E-state index in [4.69, 9.17) is 0 Å². The minimum absolute atomic E-state index is 0.0676. The number of carbonyl (C=O) groups is 2. The quantitative estimate of drug-likeness (QED) is 0.216. The Hall–Kier alpha value is -3.41. The van der Waals surface area contributed by atoms with Crippen LogP contribution in [0.25, 0.3) is 0 Å². The normalized spacial score (nSPS) is 35.9. The summed E-state index contributed by atoms with van der Waals surface area (Å²) in [5, 5.41) is 64.0. The second-order valence-electron chi connectivity index (χ2n) is 14.9. The largest absolute Gasteiger partial charge is 0.508 e. The Kier molecular flexibility index (Phi) is 10.3. The minimum atomic E-state index is -1.98. The molecule has 0 saturated heterocycles. The van der Waals surface area contributed by atoms with Crippen LogP contribution in [0.3, 0.4) is 0 Å². The van der Waals surface area contributed by atoms with Crippen LogP contribution >= 0.6 is 0 Å². The third-order valence-corrected chi connectivity index (χ3v) is 12.3. The first kappa shape index (κ1) is 36.9. The molecule has 0 amide bonds. The number of aliphatic hydroxyl groups excluding tert-OH is 3. The number of nitrogens with one attached hydrogen (secondary N) is 1. The van der Waals surface area contributed by atoms with Gasteiger partial charge >= 0.3 is 0 Å². The van der Waals surface area contributed by atoms with Gasteiger partial charge < -0.3 is 36.0 Å². The number of aliphatic hydroxyl groups is 4. The van der Waals surface area contributed by atoms with Crippen LogP contribution in [0.4, 0.5) is 4.39 Å². The third kappa shape index (κ3) is 6.16. The number of benzene rings is 2. The molecule has 0 aromatic heterocycles. The van der Waals surface area contributed by atoms with Crippen LogP contribution in [0.1, 0.15) is 70.6 Å². The number of fused-ring (bicyclic) bond motifs is 5. The molecule has 0 unspecified atom stereocenters. The number of Topliss-reactive ketones (excluding diaryl/α,β-unsaturated/α-hetero) is 1. The van der Waals surface area contributed by atoms with Gasteiger partial charge in [0.15, 0.2) is 17.2 Å². The van der Waals surface area contributed by atoms with Crippen molar-refractivity contribution in [2.24, 2.45) is 28.6 Å². The summed E-state index contributed by atoms with van der Waals surface area (Å²) in [6.45, 7) is 7.14. The van der Waals surface area contributed by atoms with Crippen molar-refractivity contribution in [2.45, 2.75) is 89.3 Å². The van der Waals surface area contributed by atoms with E-state index in [1.807, 2.05) is 19.1 Å². The van der Waals surface area contributed by atoms with Crippen molar-refractivity contribution in [1.82, 2.24) is 5.32 Å². The first-order valence-corrected chi connectivity index (χ1v) is 17.2. The lowest BCUT2D eigenvalue weighted by atomic mass is 9.44. The molecular formula is C39H50FNO8. The molecule has 10 heteroatoms. The molecule has 0 spiro atoms. The monoisotopic (exact) mass is 679 g/mol. The third-order valence-electron chi connectivity index (χ3n) is 12.3. The van der Waals surface area contributed by atoms with Crippen molar-refractivity contribution in [3.8, 4) is 11.5 Å². The zero-order chi connectivity index (χ0) is 35.9. The highest BCUT2D eigenvalue weighted by Gasteiger charge is 2.75. The molecule has 0 heterocycles. The van der Waals surface area contributed by atoms with Crippen molar-refractivity contribution in [3.63, 3.8) is 0 Å². The molecule has 6 rings (SSSR count). The van der Waals surface area contributed by atoms with E-state index in [9.17, 15) is 40.2 Å². The summed E-state index contributed by atoms with van der Waals surface area (Å²) in [5.41, 5.74) is -3.26. The average Bonchev–Trinajstić information content (AvgIpc) is 3.27. The van der Waals surface area contributed by atoms with Crippen LogP contribution in [0.5, 0.6) is 11.5 Å². The number of rotatable bonds is 8. The zero-order valence-corrected chi connectivity index (χ0v) is 28.6. The van der Waals surface area contributed by atoms with Crippen LogP contribution in [0.15, 0.2) is 72.3 Å². The van der Waals surface area contributed by atoms with Crippen molar-refractivity contribution < 1.29 is 44.6 Å². The number of halogens is 1. The van der Waals surface area contributed by atoms with Gasteiger partial charge in [0, 0.05) is 22.8 Å². The van der Waals surface area contributed by atoms with E-state index >= 15 is 4.39 Å². The summed E-state index contributed by atoms with van der Waals surface area (Å²) < 4.78 is 16.9. The highest BCUT2D eigenvalue weighted by Crippen LogP contribution is 2.70. The molecular weight excluding hydrogens is 629 g/mol. The fraction of sp³-hybridized carbons (Fsp3) is 0.538. The molecule has 3 fully saturated rings. The number of carbonyl (C=O) groups excluding carboxylic acids is 2. The molecule has 10 atom stereocenters. The highest BCUT2D eigenvalue weighted by atomic mass is 19.1. The van der Waals surface area contributed by atoms with E-state index in [1.165, 1.54) is 12.2 Å². The van der Waals surface area contributed by atoms with Gasteiger partial charge in [-0.1, -0.05) is 49.8 Å². The molecule has 0 aliphatic heterocycles. The lowest BCUT2D eigenvalue weighted by Crippen LogP contribution is -2.69. The van der Waals surface area contributed by atoms with Gasteiger partial charge in [-0.2, -0.15) is 0 Å². The molecule has 0 radical (unpaired) electrons. The van der Waals surface area contributed by atoms with E-state index in [-0.39, 0.29) is 35.7 Å². The number of phenolic OH excluding ortho intramolecular Hbond substituents is 2. The number of hydrogen-bond acceptors (Lipinski definition) is 9. The predicted molar refractivity (Wildman–Crippen MR) is 182 cm³/mol. The van der Waals surface area contributed by atoms with E-state index in [0.717, 1.165) is 24.1 Å². The molecule has 4 aliphatic rings. The van der Waals surface area contributed by atoms with Gasteiger partial charge in [0.2, 0.25) is 0 Å². The number of alkyl halides is 1. The molecule has 2 aromatic rings. The van der Waals surface area contributed by atoms with Crippen molar-refractivity contribution in [2.75, 3.05) is 13.2 Å². The zero-order valence-electron chi connectivity index (χ0n) is 28.6. The maximum Gasteiger partial charge on any atom is 0.190 e. The van der Waals surface area contributed by atoms with Crippen LogP contribution in [0, 0.1) is 28.6 Å². The Morgan fingerprint density at radius 2 is 1.65 bits per heavy atom. The summed E-state index contributed by atoms with van der Waals surface area (Å²) in [4.78, 5) is 24.4. The van der Waals surface area contributed by atoms with Crippen LogP contribution in [-0.4, -0.2) is 78.8 Å². The topological polar surface area (TPSA) is 168 Å².